The lowest BCUT2D eigenvalue weighted by Gasteiger charge is -1.96. The van der Waals surface area contributed by atoms with Crippen LogP contribution in [0.3, 0.4) is 0 Å². The third kappa shape index (κ3) is 2.68. The first-order valence-corrected chi connectivity index (χ1v) is 6.25. The molecule has 0 atom stereocenters. The van der Waals surface area contributed by atoms with Crippen LogP contribution in [0.15, 0.2) is 16.1 Å². The molecule has 0 radical (unpaired) electrons. The summed E-state index contributed by atoms with van der Waals surface area (Å²) in [6.45, 7) is 5.86. The van der Waals surface area contributed by atoms with Crippen molar-refractivity contribution in [3.8, 4) is 11.6 Å². The predicted molar refractivity (Wildman–Crippen MR) is 64.3 cm³/mol. The number of hydrogen-bond acceptors (Lipinski definition) is 5. The third-order valence-corrected chi connectivity index (χ3v) is 2.90. The lowest BCUT2D eigenvalue weighted by Crippen LogP contribution is -2.13. The maximum absolute atomic E-state index is 5.39. The van der Waals surface area contributed by atoms with E-state index in [0.29, 0.717) is 5.89 Å². The van der Waals surface area contributed by atoms with Gasteiger partial charge in [0.05, 0.1) is 10.7 Å². The zero-order chi connectivity index (χ0) is 11.4. The van der Waals surface area contributed by atoms with Crippen molar-refractivity contribution in [3.05, 3.63) is 22.3 Å². The van der Waals surface area contributed by atoms with E-state index in [2.05, 4.69) is 22.2 Å². The van der Waals surface area contributed by atoms with E-state index in [1.807, 2.05) is 12.3 Å². The Morgan fingerprint density at radius 3 is 3.00 bits per heavy atom. The van der Waals surface area contributed by atoms with Crippen LogP contribution in [-0.2, 0) is 6.54 Å². The molecular formula is C11H15N3OS. The highest BCUT2D eigenvalue weighted by Gasteiger charge is 2.09. The van der Waals surface area contributed by atoms with Crippen LogP contribution in [0.4, 0.5) is 0 Å². The summed E-state index contributed by atoms with van der Waals surface area (Å²) in [5.74, 6) is 0.609. The Hall–Kier alpha value is -1.20. The normalized spacial score (nSPS) is 10.9. The van der Waals surface area contributed by atoms with Gasteiger partial charge in [0.1, 0.15) is 12.0 Å². The topological polar surface area (TPSA) is 51.0 Å². The van der Waals surface area contributed by atoms with Gasteiger partial charge in [-0.05, 0) is 19.9 Å². The van der Waals surface area contributed by atoms with Crippen molar-refractivity contribution in [3.63, 3.8) is 0 Å². The minimum atomic E-state index is 0.609. The molecule has 0 spiro atoms. The lowest BCUT2D eigenvalue weighted by molar-refractivity contribution is 0.568. The van der Waals surface area contributed by atoms with Crippen LogP contribution in [0, 0.1) is 6.92 Å². The second-order valence-electron chi connectivity index (χ2n) is 3.57. The average Bonchev–Trinajstić information content (AvgIpc) is 2.87. The number of aryl methyl sites for hydroxylation is 1. The number of nitrogens with one attached hydrogen (secondary N) is 1. The SMILES string of the molecule is CCCNCc1coc(-c2csc(C)n2)n1. The molecule has 0 aromatic carbocycles. The van der Waals surface area contributed by atoms with E-state index in [9.17, 15) is 0 Å². The van der Waals surface area contributed by atoms with Gasteiger partial charge in [0.25, 0.3) is 0 Å². The average molecular weight is 237 g/mol. The zero-order valence-corrected chi connectivity index (χ0v) is 10.3. The Bertz CT molecular complexity index is 450. The van der Waals surface area contributed by atoms with Crippen molar-refractivity contribution in [1.82, 2.24) is 15.3 Å². The smallest absolute Gasteiger partial charge is 0.246 e. The fourth-order valence-corrected chi connectivity index (χ4v) is 1.95. The van der Waals surface area contributed by atoms with Gasteiger partial charge in [-0.15, -0.1) is 11.3 Å². The highest BCUT2D eigenvalue weighted by atomic mass is 32.1. The maximum Gasteiger partial charge on any atom is 0.246 e. The van der Waals surface area contributed by atoms with Gasteiger partial charge >= 0.3 is 0 Å². The summed E-state index contributed by atoms with van der Waals surface area (Å²) in [6.07, 6.45) is 2.81. The molecule has 0 aliphatic rings. The molecule has 0 fully saturated rings. The molecule has 0 saturated carbocycles. The molecule has 16 heavy (non-hydrogen) atoms. The first-order valence-electron chi connectivity index (χ1n) is 5.37. The molecule has 0 amide bonds. The van der Waals surface area contributed by atoms with E-state index in [4.69, 9.17) is 4.42 Å². The fourth-order valence-electron chi connectivity index (χ4n) is 1.36. The minimum absolute atomic E-state index is 0.609. The molecule has 0 aliphatic carbocycles. The van der Waals surface area contributed by atoms with Crippen LogP contribution < -0.4 is 5.32 Å². The van der Waals surface area contributed by atoms with Gasteiger partial charge in [-0.1, -0.05) is 6.92 Å². The van der Waals surface area contributed by atoms with Crippen molar-refractivity contribution in [2.24, 2.45) is 0 Å². The molecule has 0 bridgehead atoms. The number of aromatic nitrogens is 2. The molecule has 1 N–H and O–H groups in total. The summed E-state index contributed by atoms with van der Waals surface area (Å²) in [6, 6.07) is 0. The Labute approximate surface area is 98.7 Å². The largest absolute Gasteiger partial charge is 0.443 e. The summed E-state index contributed by atoms with van der Waals surface area (Å²) in [4.78, 5) is 8.71. The maximum atomic E-state index is 5.39. The van der Waals surface area contributed by atoms with Crippen molar-refractivity contribution in [2.45, 2.75) is 26.8 Å². The Morgan fingerprint density at radius 2 is 2.31 bits per heavy atom. The Morgan fingerprint density at radius 1 is 1.44 bits per heavy atom. The summed E-state index contributed by atoms with van der Waals surface area (Å²) >= 11 is 1.60. The number of nitrogens with zero attached hydrogens (tertiary/aromatic N) is 2. The molecule has 2 heterocycles. The summed E-state index contributed by atoms with van der Waals surface area (Å²) < 4.78 is 5.39. The molecule has 86 valence electrons. The number of thiazole rings is 1. The number of rotatable bonds is 5. The summed E-state index contributed by atoms with van der Waals surface area (Å²) in [7, 11) is 0. The van der Waals surface area contributed by atoms with Crippen LogP contribution in [-0.4, -0.2) is 16.5 Å². The minimum Gasteiger partial charge on any atom is -0.443 e. The van der Waals surface area contributed by atoms with Crippen molar-refractivity contribution >= 4 is 11.3 Å². The molecule has 4 nitrogen and oxygen atoms in total. The monoisotopic (exact) mass is 237 g/mol. The second kappa shape index (κ2) is 5.23. The van der Waals surface area contributed by atoms with Crippen LogP contribution in [0.5, 0.6) is 0 Å². The molecule has 2 rings (SSSR count). The number of hydrogen-bond donors (Lipinski definition) is 1. The highest BCUT2D eigenvalue weighted by molar-refractivity contribution is 7.09. The van der Waals surface area contributed by atoms with Gasteiger partial charge < -0.3 is 9.73 Å². The Kier molecular flexibility index (Phi) is 3.69. The van der Waals surface area contributed by atoms with Gasteiger partial charge in [0.15, 0.2) is 0 Å². The highest BCUT2D eigenvalue weighted by Crippen LogP contribution is 2.20. The molecule has 0 aliphatic heterocycles. The van der Waals surface area contributed by atoms with Gasteiger partial charge in [0.2, 0.25) is 5.89 Å². The second-order valence-corrected chi connectivity index (χ2v) is 4.63. The summed E-state index contributed by atoms with van der Waals surface area (Å²) in [5.41, 5.74) is 1.75. The van der Waals surface area contributed by atoms with Crippen LogP contribution >= 0.6 is 11.3 Å². The van der Waals surface area contributed by atoms with Crippen LogP contribution in [0.1, 0.15) is 24.0 Å². The molecule has 2 aromatic heterocycles. The zero-order valence-electron chi connectivity index (χ0n) is 9.49. The lowest BCUT2D eigenvalue weighted by atomic mass is 10.4. The van der Waals surface area contributed by atoms with E-state index in [0.717, 1.165) is 35.9 Å². The van der Waals surface area contributed by atoms with E-state index in [-0.39, 0.29) is 0 Å². The van der Waals surface area contributed by atoms with Gasteiger partial charge in [-0.3, -0.25) is 0 Å². The summed E-state index contributed by atoms with van der Waals surface area (Å²) in [5, 5.41) is 6.27. The predicted octanol–water partition coefficient (Wildman–Crippen LogP) is 2.61. The first-order chi connectivity index (χ1) is 7.79. The van der Waals surface area contributed by atoms with Gasteiger partial charge in [-0.2, -0.15) is 0 Å². The molecular weight excluding hydrogens is 222 g/mol. The van der Waals surface area contributed by atoms with E-state index >= 15 is 0 Å². The van der Waals surface area contributed by atoms with E-state index < -0.39 is 0 Å². The van der Waals surface area contributed by atoms with Gasteiger partial charge in [0, 0.05) is 11.9 Å². The first kappa shape index (κ1) is 11.3. The quantitative estimate of drug-likeness (QED) is 0.812. The van der Waals surface area contributed by atoms with Gasteiger partial charge in [-0.25, -0.2) is 9.97 Å². The standard InChI is InChI=1S/C11H15N3OS/c1-3-4-12-5-9-6-15-11(14-9)10-7-16-8(2)13-10/h6-7,12H,3-5H2,1-2H3. The van der Waals surface area contributed by atoms with E-state index in [1.165, 1.54) is 0 Å². The molecule has 5 heteroatoms. The van der Waals surface area contributed by atoms with Crippen LogP contribution in [0.2, 0.25) is 0 Å². The molecule has 0 saturated heterocycles. The van der Waals surface area contributed by atoms with Crippen molar-refractivity contribution in [1.29, 1.82) is 0 Å². The van der Waals surface area contributed by atoms with Crippen LogP contribution in [0.25, 0.3) is 11.6 Å². The molecule has 0 unspecified atom stereocenters. The third-order valence-electron chi connectivity index (χ3n) is 2.12. The number of oxazole rings is 1. The fraction of sp³-hybridized carbons (Fsp3) is 0.455. The molecule has 2 aromatic rings. The van der Waals surface area contributed by atoms with Crippen molar-refractivity contribution < 1.29 is 4.42 Å². The van der Waals surface area contributed by atoms with E-state index in [1.54, 1.807) is 17.6 Å². The van der Waals surface area contributed by atoms with Crippen molar-refractivity contribution in [2.75, 3.05) is 6.54 Å². The Balaban J connectivity index is 2.02.